The molecule has 0 atom stereocenters. The first kappa shape index (κ1) is 22.3. The summed E-state index contributed by atoms with van der Waals surface area (Å²) in [5, 5.41) is 12.8. The van der Waals surface area contributed by atoms with Crippen LogP contribution in [0.5, 0.6) is 0 Å². The molecule has 178 valence electrons. The molecule has 3 heterocycles. The van der Waals surface area contributed by atoms with E-state index in [0.29, 0.717) is 43.1 Å². The Morgan fingerprint density at radius 3 is 2.62 bits per heavy atom. The fraction of sp³-hybridized carbons (Fsp3) is 0.440. The third-order valence-electron chi connectivity index (χ3n) is 7.45. The summed E-state index contributed by atoms with van der Waals surface area (Å²) in [7, 11) is 1.68. The van der Waals surface area contributed by atoms with E-state index in [0.717, 1.165) is 30.4 Å². The van der Waals surface area contributed by atoms with Crippen molar-refractivity contribution in [2.24, 2.45) is 13.0 Å². The Morgan fingerprint density at radius 2 is 1.97 bits per heavy atom. The van der Waals surface area contributed by atoms with E-state index in [4.69, 9.17) is 4.74 Å². The summed E-state index contributed by atoms with van der Waals surface area (Å²) >= 11 is 0. The molecule has 0 bridgehead atoms. The molecular formula is C25H29N5O4. The van der Waals surface area contributed by atoms with Gasteiger partial charge in [0.25, 0.3) is 11.8 Å². The maximum absolute atomic E-state index is 13.3. The number of allylic oxidation sites excluding steroid dienone is 1. The van der Waals surface area contributed by atoms with Crippen molar-refractivity contribution < 1.29 is 19.1 Å². The van der Waals surface area contributed by atoms with Crippen LogP contribution in [0.2, 0.25) is 0 Å². The van der Waals surface area contributed by atoms with Gasteiger partial charge >= 0.3 is 0 Å². The number of ether oxygens (including phenoxy) is 1. The molecule has 9 heteroatoms. The van der Waals surface area contributed by atoms with Crippen LogP contribution in [-0.2, 0) is 26.8 Å². The second-order valence-corrected chi connectivity index (χ2v) is 9.34. The number of rotatable bonds is 5. The number of nitrogens with zero attached hydrogens (tertiary/aromatic N) is 2. The average Bonchev–Trinajstić information content (AvgIpc) is 3.32. The van der Waals surface area contributed by atoms with E-state index in [1.807, 2.05) is 19.1 Å². The van der Waals surface area contributed by atoms with Gasteiger partial charge in [0.15, 0.2) is 0 Å². The predicted molar refractivity (Wildman–Crippen MR) is 126 cm³/mol. The Hall–Kier alpha value is -3.46. The SMILES string of the molecule is CC(=C(NC(=O)c1ccnn1C)C(=O)Nc1ccc2c(c1)NC(=O)C21CCOCC1)C1CCC1. The Bertz CT molecular complexity index is 1190. The number of fused-ring (bicyclic) bond motifs is 2. The fourth-order valence-electron chi connectivity index (χ4n) is 5.07. The summed E-state index contributed by atoms with van der Waals surface area (Å²) in [5.74, 6) is -0.504. The van der Waals surface area contributed by atoms with Crippen LogP contribution < -0.4 is 16.0 Å². The van der Waals surface area contributed by atoms with Crippen LogP contribution in [0.3, 0.4) is 0 Å². The number of carbonyl (C=O) groups is 3. The third-order valence-corrected chi connectivity index (χ3v) is 7.45. The molecule has 1 saturated heterocycles. The molecule has 1 saturated carbocycles. The molecule has 3 amide bonds. The first-order valence-electron chi connectivity index (χ1n) is 11.7. The quantitative estimate of drug-likeness (QED) is 0.590. The number of anilines is 2. The highest BCUT2D eigenvalue weighted by molar-refractivity contribution is 6.10. The molecule has 1 spiro atoms. The number of nitrogens with one attached hydrogen (secondary N) is 3. The van der Waals surface area contributed by atoms with Crippen molar-refractivity contribution in [1.82, 2.24) is 15.1 Å². The van der Waals surface area contributed by atoms with E-state index in [1.54, 1.807) is 25.4 Å². The van der Waals surface area contributed by atoms with E-state index in [1.165, 1.54) is 4.68 Å². The van der Waals surface area contributed by atoms with Crippen LogP contribution in [0.15, 0.2) is 41.7 Å². The van der Waals surface area contributed by atoms with Crippen LogP contribution in [0.4, 0.5) is 11.4 Å². The Balaban J connectivity index is 1.39. The normalized spacial score (nSPS) is 19.6. The van der Waals surface area contributed by atoms with E-state index in [9.17, 15) is 14.4 Å². The number of aromatic nitrogens is 2. The van der Waals surface area contributed by atoms with Crippen LogP contribution in [0.25, 0.3) is 0 Å². The van der Waals surface area contributed by atoms with Crippen LogP contribution in [-0.4, -0.2) is 40.7 Å². The summed E-state index contributed by atoms with van der Waals surface area (Å²) < 4.78 is 6.93. The van der Waals surface area contributed by atoms with E-state index < -0.39 is 5.41 Å². The number of benzene rings is 1. The summed E-state index contributed by atoms with van der Waals surface area (Å²) in [4.78, 5) is 39.0. The van der Waals surface area contributed by atoms with Crippen molar-refractivity contribution in [3.8, 4) is 0 Å². The molecule has 1 aromatic heterocycles. The summed E-state index contributed by atoms with van der Waals surface area (Å²) in [6, 6.07) is 7.12. The average molecular weight is 464 g/mol. The summed E-state index contributed by atoms with van der Waals surface area (Å²) in [5.41, 5.74) is 3.17. The number of amides is 3. The Morgan fingerprint density at radius 1 is 1.21 bits per heavy atom. The van der Waals surface area contributed by atoms with Gasteiger partial charge in [-0.25, -0.2) is 0 Å². The minimum atomic E-state index is -0.556. The highest BCUT2D eigenvalue weighted by atomic mass is 16.5. The van der Waals surface area contributed by atoms with Crippen molar-refractivity contribution in [2.75, 3.05) is 23.8 Å². The topological polar surface area (TPSA) is 114 Å². The zero-order valence-electron chi connectivity index (χ0n) is 19.4. The van der Waals surface area contributed by atoms with Gasteiger partial charge < -0.3 is 20.7 Å². The third kappa shape index (κ3) is 3.79. The maximum atomic E-state index is 13.3. The second kappa shape index (κ2) is 8.72. The smallest absolute Gasteiger partial charge is 0.274 e. The Labute approximate surface area is 197 Å². The lowest BCUT2D eigenvalue weighted by atomic mass is 9.75. The van der Waals surface area contributed by atoms with Crippen LogP contribution in [0, 0.1) is 5.92 Å². The monoisotopic (exact) mass is 463 g/mol. The van der Waals surface area contributed by atoms with Crippen molar-refractivity contribution >= 4 is 29.1 Å². The van der Waals surface area contributed by atoms with Gasteiger partial charge in [-0.1, -0.05) is 12.5 Å². The number of carbonyl (C=O) groups excluding carboxylic acids is 3. The van der Waals surface area contributed by atoms with Gasteiger partial charge in [-0.05, 0) is 67.9 Å². The van der Waals surface area contributed by atoms with E-state index in [2.05, 4.69) is 21.0 Å². The van der Waals surface area contributed by atoms with Gasteiger partial charge in [-0.15, -0.1) is 0 Å². The molecule has 0 radical (unpaired) electrons. The molecule has 3 aliphatic rings. The molecule has 1 aliphatic carbocycles. The van der Waals surface area contributed by atoms with Gasteiger partial charge in [-0.2, -0.15) is 5.10 Å². The molecule has 1 aromatic carbocycles. The van der Waals surface area contributed by atoms with Crippen LogP contribution in [0.1, 0.15) is 55.1 Å². The molecule has 2 fully saturated rings. The van der Waals surface area contributed by atoms with Gasteiger partial charge in [0.2, 0.25) is 5.91 Å². The van der Waals surface area contributed by atoms with Gasteiger partial charge in [-0.3, -0.25) is 19.1 Å². The zero-order chi connectivity index (χ0) is 23.9. The lowest BCUT2D eigenvalue weighted by Crippen LogP contribution is -2.39. The van der Waals surface area contributed by atoms with Crippen molar-refractivity contribution in [3.05, 3.63) is 53.0 Å². The first-order valence-corrected chi connectivity index (χ1v) is 11.7. The maximum Gasteiger partial charge on any atom is 0.274 e. The molecule has 2 aliphatic heterocycles. The minimum absolute atomic E-state index is 0.0147. The molecular weight excluding hydrogens is 434 g/mol. The highest BCUT2D eigenvalue weighted by Gasteiger charge is 2.47. The number of hydrogen-bond acceptors (Lipinski definition) is 5. The standard InChI is InChI=1S/C25H29N5O4/c1-15(16-4-3-5-16)21(29-22(31)20-8-11-26-30(20)2)23(32)27-17-6-7-18-19(14-17)28-24(33)25(18)9-12-34-13-10-25/h6-8,11,14,16H,3-5,9-10,12-13H2,1-2H3,(H,27,32)(H,28,33)(H,29,31). The largest absolute Gasteiger partial charge is 0.381 e. The Kier molecular flexibility index (Phi) is 5.73. The molecule has 3 N–H and O–H groups in total. The van der Waals surface area contributed by atoms with E-state index in [-0.39, 0.29) is 29.3 Å². The number of hydrogen-bond donors (Lipinski definition) is 3. The molecule has 2 aromatic rings. The van der Waals surface area contributed by atoms with Crippen molar-refractivity contribution in [1.29, 1.82) is 0 Å². The minimum Gasteiger partial charge on any atom is -0.381 e. The molecule has 9 nitrogen and oxygen atoms in total. The zero-order valence-corrected chi connectivity index (χ0v) is 19.4. The lowest BCUT2D eigenvalue weighted by Gasteiger charge is -2.31. The van der Waals surface area contributed by atoms with E-state index >= 15 is 0 Å². The summed E-state index contributed by atoms with van der Waals surface area (Å²) in [6.45, 7) is 3.01. The lowest BCUT2D eigenvalue weighted by molar-refractivity contribution is -0.124. The second-order valence-electron chi connectivity index (χ2n) is 9.34. The van der Waals surface area contributed by atoms with Crippen molar-refractivity contribution in [3.63, 3.8) is 0 Å². The van der Waals surface area contributed by atoms with Crippen LogP contribution >= 0.6 is 0 Å². The first-order chi connectivity index (χ1) is 16.4. The van der Waals surface area contributed by atoms with Gasteiger partial charge in [0.05, 0.1) is 5.41 Å². The van der Waals surface area contributed by atoms with Crippen molar-refractivity contribution in [2.45, 2.75) is 44.4 Å². The fourth-order valence-corrected chi connectivity index (χ4v) is 5.07. The van der Waals surface area contributed by atoms with Gasteiger partial charge in [0, 0.05) is 37.8 Å². The highest BCUT2D eigenvalue weighted by Crippen LogP contribution is 2.45. The molecule has 5 rings (SSSR count). The van der Waals surface area contributed by atoms with Gasteiger partial charge in [0.1, 0.15) is 11.4 Å². The number of aryl methyl sites for hydroxylation is 1. The predicted octanol–water partition coefficient (Wildman–Crippen LogP) is 2.86. The molecule has 34 heavy (non-hydrogen) atoms. The molecule has 0 unspecified atom stereocenters. The summed E-state index contributed by atoms with van der Waals surface area (Å²) in [6.07, 6.45) is 5.95.